The van der Waals surface area contributed by atoms with Crippen LogP contribution in [0.25, 0.3) is 16.8 Å². The van der Waals surface area contributed by atoms with Crippen molar-refractivity contribution in [1.82, 2.24) is 14.6 Å². The lowest BCUT2D eigenvalue weighted by molar-refractivity contribution is 0.941. The molecule has 4 heteroatoms. The second-order valence-corrected chi connectivity index (χ2v) is 3.53. The molecule has 0 amide bonds. The predicted octanol–water partition coefficient (Wildman–Crippen LogP) is 1.98. The highest BCUT2D eigenvalue weighted by Crippen LogP contribution is 2.19. The maximum atomic E-state index is 5.83. The molecule has 1 aromatic carbocycles. The number of benzene rings is 1. The maximum Gasteiger partial charge on any atom is 0.222 e. The number of nitrogen functional groups attached to an aromatic ring is 1. The number of hydrogen-bond donors (Lipinski definition) is 1. The number of nitrogens with two attached hydrogens (primary N) is 1. The summed E-state index contributed by atoms with van der Waals surface area (Å²) >= 11 is 0. The van der Waals surface area contributed by atoms with Crippen molar-refractivity contribution in [2.75, 3.05) is 5.73 Å². The van der Waals surface area contributed by atoms with Crippen LogP contribution in [0.2, 0.25) is 0 Å². The summed E-state index contributed by atoms with van der Waals surface area (Å²) < 4.78 is 1.62. The van der Waals surface area contributed by atoms with Crippen LogP contribution in [-0.4, -0.2) is 14.6 Å². The Balaban J connectivity index is 2.25. The Hall–Kier alpha value is -2.36. The van der Waals surface area contributed by atoms with E-state index in [4.69, 9.17) is 5.73 Å². The van der Waals surface area contributed by atoms with Gasteiger partial charge >= 0.3 is 0 Å². The van der Waals surface area contributed by atoms with Crippen LogP contribution in [0.15, 0.2) is 48.7 Å². The minimum atomic E-state index is 0.404. The Morgan fingerprint density at radius 3 is 2.69 bits per heavy atom. The zero-order valence-corrected chi connectivity index (χ0v) is 8.54. The van der Waals surface area contributed by atoms with E-state index in [1.807, 2.05) is 42.5 Å². The quantitative estimate of drug-likeness (QED) is 0.668. The van der Waals surface area contributed by atoms with Gasteiger partial charge in [-0.05, 0) is 12.1 Å². The lowest BCUT2D eigenvalue weighted by Gasteiger charge is -2.03. The second kappa shape index (κ2) is 3.34. The number of aromatic nitrogens is 3. The average Bonchev–Trinajstić information content (AvgIpc) is 2.79. The van der Waals surface area contributed by atoms with Crippen molar-refractivity contribution in [3.63, 3.8) is 0 Å². The van der Waals surface area contributed by atoms with Gasteiger partial charge in [-0.15, -0.1) is 0 Å². The summed E-state index contributed by atoms with van der Waals surface area (Å²) in [5, 5.41) is 4.08. The molecule has 0 spiro atoms. The first-order valence-corrected chi connectivity index (χ1v) is 5.00. The Morgan fingerprint density at radius 1 is 1.06 bits per heavy atom. The molecule has 0 atom stereocenters. The van der Waals surface area contributed by atoms with Crippen molar-refractivity contribution in [2.24, 2.45) is 0 Å². The summed E-state index contributed by atoms with van der Waals surface area (Å²) in [4.78, 5) is 4.32. The molecule has 0 unspecified atom stereocenters. The van der Waals surface area contributed by atoms with Crippen molar-refractivity contribution in [3.8, 4) is 11.3 Å². The van der Waals surface area contributed by atoms with Gasteiger partial charge in [-0.25, -0.2) is 9.50 Å². The topological polar surface area (TPSA) is 56.2 Å². The van der Waals surface area contributed by atoms with Crippen LogP contribution in [0.4, 0.5) is 5.95 Å². The largest absolute Gasteiger partial charge is 0.368 e. The Morgan fingerprint density at radius 2 is 1.88 bits per heavy atom. The summed E-state index contributed by atoms with van der Waals surface area (Å²) in [7, 11) is 0. The third-order valence-electron chi connectivity index (χ3n) is 2.48. The summed E-state index contributed by atoms with van der Waals surface area (Å²) in [6.45, 7) is 0. The van der Waals surface area contributed by atoms with Crippen molar-refractivity contribution < 1.29 is 0 Å². The van der Waals surface area contributed by atoms with E-state index in [1.165, 1.54) is 0 Å². The molecule has 0 radical (unpaired) electrons. The molecular weight excluding hydrogens is 200 g/mol. The lowest BCUT2D eigenvalue weighted by atomic mass is 10.1. The number of hydrogen-bond acceptors (Lipinski definition) is 3. The standard InChI is InChI=1S/C12H10N4/c13-12-15-11(9-4-2-1-3-5-9)8-10-6-7-14-16(10)12/h1-8H,(H2,13,15). The zero-order valence-electron chi connectivity index (χ0n) is 8.54. The highest BCUT2D eigenvalue weighted by atomic mass is 15.3. The van der Waals surface area contributed by atoms with Gasteiger partial charge in [-0.2, -0.15) is 5.10 Å². The molecule has 0 saturated carbocycles. The molecule has 0 aliphatic heterocycles. The lowest BCUT2D eigenvalue weighted by Crippen LogP contribution is -2.02. The van der Waals surface area contributed by atoms with Crippen molar-refractivity contribution in [1.29, 1.82) is 0 Å². The number of rotatable bonds is 1. The molecular formula is C12H10N4. The van der Waals surface area contributed by atoms with E-state index in [0.29, 0.717) is 5.95 Å². The third kappa shape index (κ3) is 1.32. The summed E-state index contributed by atoms with van der Waals surface area (Å²) in [6, 6.07) is 13.8. The van der Waals surface area contributed by atoms with Gasteiger partial charge in [0.15, 0.2) is 0 Å². The monoisotopic (exact) mass is 210 g/mol. The smallest absolute Gasteiger partial charge is 0.222 e. The van der Waals surface area contributed by atoms with Crippen molar-refractivity contribution in [3.05, 3.63) is 48.7 Å². The molecule has 0 aliphatic rings. The fraction of sp³-hybridized carbons (Fsp3) is 0. The van der Waals surface area contributed by atoms with Gasteiger partial charge in [-0.1, -0.05) is 30.3 Å². The van der Waals surface area contributed by atoms with Crippen molar-refractivity contribution in [2.45, 2.75) is 0 Å². The first kappa shape index (κ1) is 8.91. The maximum absolute atomic E-state index is 5.83. The van der Waals surface area contributed by atoms with Gasteiger partial charge in [0.1, 0.15) is 0 Å². The average molecular weight is 210 g/mol. The van der Waals surface area contributed by atoms with E-state index in [0.717, 1.165) is 16.8 Å². The number of anilines is 1. The third-order valence-corrected chi connectivity index (χ3v) is 2.48. The van der Waals surface area contributed by atoms with E-state index in [1.54, 1.807) is 10.7 Å². The van der Waals surface area contributed by atoms with Gasteiger partial charge < -0.3 is 5.73 Å². The van der Waals surface area contributed by atoms with E-state index in [9.17, 15) is 0 Å². The molecule has 2 aromatic heterocycles. The van der Waals surface area contributed by atoms with Gasteiger partial charge in [-0.3, -0.25) is 0 Å². The summed E-state index contributed by atoms with van der Waals surface area (Å²) in [5.74, 6) is 0.404. The molecule has 2 heterocycles. The number of nitrogens with zero attached hydrogens (tertiary/aromatic N) is 3. The Kier molecular flexibility index (Phi) is 1.86. The zero-order chi connectivity index (χ0) is 11.0. The fourth-order valence-corrected chi connectivity index (χ4v) is 1.71. The Labute approximate surface area is 92.4 Å². The number of fused-ring (bicyclic) bond motifs is 1. The fourth-order valence-electron chi connectivity index (χ4n) is 1.71. The molecule has 2 N–H and O–H groups in total. The van der Waals surface area contributed by atoms with E-state index >= 15 is 0 Å². The van der Waals surface area contributed by atoms with Gasteiger partial charge in [0.2, 0.25) is 5.95 Å². The minimum absolute atomic E-state index is 0.404. The van der Waals surface area contributed by atoms with Crippen molar-refractivity contribution >= 4 is 11.5 Å². The molecule has 0 aliphatic carbocycles. The van der Waals surface area contributed by atoms with E-state index in [-0.39, 0.29) is 0 Å². The van der Waals surface area contributed by atoms with Gasteiger partial charge in [0.25, 0.3) is 0 Å². The van der Waals surface area contributed by atoms with Gasteiger partial charge in [0.05, 0.1) is 17.4 Å². The van der Waals surface area contributed by atoms with Crippen LogP contribution in [0.5, 0.6) is 0 Å². The molecule has 78 valence electrons. The van der Waals surface area contributed by atoms with Gasteiger partial charge in [0, 0.05) is 5.56 Å². The van der Waals surface area contributed by atoms with E-state index in [2.05, 4.69) is 10.1 Å². The molecule has 0 fully saturated rings. The first-order chi connectivity index (χ1) is 7.84. The normalized spacial score (nSPS) is 10.8. The molecule has 4 nitrogen and oxygen atoms in total. The van der Waals surface area contributed by atoms with Crippen LogP contribution in [0, 0.1) is 0 Å². The molecule has 3 aromatic rings. The van der Waals surface area contributed by atoms with Crippen LogP contribution in [0.1, 0.15) is 0 Å². The first-order valence-electron chi connectivity index (χ1n) is 5.00. The van der Waals surface area contributed by atoms with Crippen LogP contribution >= 0.6 is 0 Å². The molecule has 0 saturated heterocycles. The Bertz CT molecular complexity index is 628. The molecule has 0 bridgehead atoms. The highest BCUT2D eigenvalue weighted by molar-refractivity contribution is 5.66. The van der Waals surface area contributed by atoms with Crippen LogP contribution < -0.4 is 5.73 Å². The predicted molar refractivity (Wildman–Crippen MR) is 62.8 cm³/mol. The minimum Gasteiger partial charge on any atom is -0.368 e. The highest BCUT2D eigenvalue weighted by Gasteiger charge is 2.04. The molecule has 16 heavy (non-hydrogen) atoms. The summed E-state index contributed by atoms with van der Waals surface area (Å²) in [6.07, 6.45) is 1.71. The second-order valence-electron chi connectivity index (χ2n) is 3.53. The van der Waals surface area contributed by atoms with Crippen LogP contribution in [-0.2, 0) is 0 Å². The SMILES string of the molecule is Nc1nc(-c2ccccc2)cc2ccnn12. The molecule has 3 rings (SSSR count). The summed E-state index contributed by atoms with van der Waals surface area (Å²) in [5.41, 5.74) is 8.70. The van der Waals surface area contributed by atoms with E-state index < -0.39 is 0 Å². The van der Waals surface area contributed by atoms with Crippen LogP contribution in [0.3, 0.4) is 0 Å².